The Morgan fingerprint density at radius 2 is 1.74 bits per heavy atom. The molecule has 214 valence electrons. The number of aromatic hydroxyl groups is 1. The van der Waals surface area contributed by atoms with E-state index in [-0.39, 0.29) is 47.3 Å². The number of imide groups is 1. The van der Waals surface area contributed by atoms with Crippen molar-refractivity contribution in [2.24, 2.45) is 17.8 Å². The van der Waals surface area contributed by atoms with E-state index in [9.17, 15) is 34.4 Å². The van der Waals surface area contributed by atoms with Gasteiger partial charge in [-0.1, -0.05) is 11.6 Å². The molecule has 1 saturated heterocycles. The van der Waals surface area contributed by atoms with Gasteiger partial charge in [-0.25, -0.2) is 0 Å². The van der Waals surface area contributed by atoms with E-state index in [1.165, 1.54) is 37.5 Å². The zero-order valence-electron chi connectivity index (χ0n) is 22.2. The van der Waals surface area contributed by atoms with Gasteiger partial charge in [0.2, 0.25) is 11.8 Å². The Hall–Kier alpha value is -3.90. The maximum absolute atomic E-state index is 14.0. The van der Waals surface area contributed by atoms with Crippen LogP contribution in [0.4, 0.5) is 11.4 Å². The zero-order valence-corrected chi connectivity index (χ0v) is 25.4. The van der Waals surface area contributed by atoms with Gasteiger partial charge >= 0.3 is 0 Å². The van der Waals surface area contributed by atoms with E-state index in [1.807, 2.05) is 6.08 Å². The molecule has 1 N–H and O–H groups in total. The molecule has 4 unspecified atom stereocenters. The second-order valence-corrected chi connectivity index (χ2v) is 12.2. The third-order valence-corrected chi connectivity index (χ3v) is 10.7. The molecule has 2 amide bonds. The molecule has 42 heavy (non-hydrogen) atoms. The number of amides is 2. The number of phenolic OH excluding ortho intramolecular Hbond substituents is 1. The summed E-state index contributed by atoms with van der Waals surface area (Å²) in [4.78, 5) is 66.2. The average molecular weight is 698 g/mol. The predicted molar refractivity (Wildman–Crippen MR) is 157 cm³/mol. The van der Waals surface area contributed by atoms with Crippen LogP contribution >= 0.6 is 31.9 Å². The molecule has 1 fully saturated rings. The van der Waals surface area contributed by atoms with E-state index in [4.69, 9.17) is 4.74 Å². The Bertz CT molecular complexity index is 1740. The molecule has 0 spiro atoms. The van der Waals surface area contributed by atoms with E-state index >= 15 is 0 Å². The summed E-state index contributed by atoms with van der Waals surface area (Å²) in [6.45, 7) is 1.59. The topological polar surface area (TPSA) is 144 Å². The molecule has 4 atom stereocenters. The number of benzene rings is 2. The van der Waals surface area contributed by atoms with Crippen LogP contribution in [0.15, 0.2) is 73.7 Å². The molecule has 0 radical (unpaired) electrons. The fraction of sp³-hybridized carbons (Fsp3) is 0.267. The number of fused-ring (bicyclic) bond motifs is 3. The Labute approximate surface area is 256 Å². The van der Waals surface area contributed by atoms with Gasteiger partial charge in [-0.2, -0.15) is 0 Å². The number of halogens is 2. The molecular weight excluding hydrogens is 676 g/mol. The monoisotopic (exact) mass is 696 g/mol. The highest BCUT2D eigenvalue weighted by Gasteiger charge is 2.57. The van der Waals surface area contributed by atoms with Crippen LogP contribution in [0.3, 0.4) is 0 Å². The lowest BCUT2D eigenvalue weighted by Gasteiger charge is -2.42. The van der Waals surface area contributed by atoms with Gasteiger partial charge in [0.25, 0.3) is 5.69 Å². The smallest absolute Gasteiger partial charge is 0.269 e. The molecule has 1 aliphatic heterocycles. The molecule has 4 aliphatic rings. The van der Waals surface area contributed by atoms with E-state index in [2.05, 4.69) is 31.9 Å². The van der Waals surface area contributed by atoms with Crippen LogP contribution < -0.4 is 9.64 Å². The van der Waals surface area contributed by atoms with Crippen molar-refractivity contribution in [2.45, 2.75) is 25.7 Å². The largest absolute Gasteiger partial charge is 0.503 e. The summed E-state index contributed by atoms with van der Waals surface area (Å²) in [5.74, 6) is -4.30. The van der Waals surface area contributed by atoms with E-state index in [0.29, 0.717) is 31.2 Å². The zero-order chi connectivity index (χ0) is 30.2. The number of ketones is 2. The fourth-order valence-corrected chi connectivity index (χ4v) is 7.63. The highest BCUT2D eigenvalue weighted by Crippen LogP contribution is 2.57. The first-order chi connectivity index (χ1) is 20.0. The van der Waals surface area contributed by atoms with Crippen LogP contribution in [0.1, 0.15) is 31.2 Å². The van der Waals surface area contributed by atoms with Crippen molar-refractivity contribution in [3.8, 4) is 11.5 Å². The highest BCUT2D eigenvalue weighted by molar-refractivity contribution is 9.13. The molecule has 12 heteroatoms. The number of anilines is 1. The molecule has 1 heterocycles. The summed E-state index contributed by atoms with van der Waals surface area (Å²) in [6, 6.07) is 6.83. The van der Waals surface area contributed by atoms with Crippen molar-refractivity contribution < 1.29 is 33.9 Å². The number of allylic oxidation sites excluding steroid dienone is 6. The van der Waals surface area contributed by atoms with Crippen LogP contribution in [0.2, 0.25) is 0 Å². The van der Waals surface area contributed by atoms with Crippen molar-refractivity contribution >= 4 is 66.6 Å². The van der Waals surface area contributed by atoms with Gasteiger partial charge in [-0.3, -0.25) is 34.2 Å². The van der Waals surface area contributed by atoms with E-state index in [1.54, 1.807) is 13.0 Å². The van der Waals surface area contributed by atoms with Gasteiger partial charge in [-0.15, -0.1) is 0 Å². The first kappa shape index (κ1) is 28.2. The van der Waals surface area contributed by atoms with E-state index in [0.717, 1.165) is 10.5 Å². The number of rotatable bonds is 4. The maximum atomic E-state index is 14.0. The SMILES string of the molecule is COc1cc(C2C3=CCC4C(=O)N(c5ccc([N+](=O)[O-])cc5)C(=O)C4C3CC3=C2C(=O)C(C)=CC3=O)c(Br)c(Br)c1O. The van der Waals surface area contributed by atoms with Gasteiger partial charge in [0.1, 0.15) is 0 Å². The minimum atomic E-state index is -0.805. The molecule has 0 saturated carbocycles. The van der Waals surface area contributed by atoms with Gasteiger partial charge in [0.15, 0.2) is 23.1 Å². The summed E-state index contributed by atoms with van der Waals surface area (Å²) in [6.07, 6.45) is 3.53. The molecule has 2 aromatic carbocycles. The Balaban J connectivity index is 1.50. The minimum absolute atomic E-state index is 0.105. The Morgan fingerprint density at radius 3 is 2.38 bits per heavy atom. The summed E-state index contributed by atoms with van der Waals surface area (Å²) in [5.41, 5.74) is 2.26. The van der Waals surface area contributed by atoms with Crippen molar-refractivity contribution in [2.75, 3.05) is 12.0 Å². The Morgan fingerprint density at radius 1 is 1.05 bits per heavy atom. The second-order valence-electron chi connectivity index (χ2n) is 10.7. The van der Waals surface area contributed by atoms with Crippen molar-refractivity contribution in [1.82, 2.24) is 0 Å². The minimum Gasteiger partial charge on any atom is -0.503 e. The summed E-state index contributed by atoms with van der Waals surface area (Å²) in [5, 5.41) is 21.7. The lowest BCUT2D eigenvalue weighted by atomic mass is 9.59. The molecule has 0 bridgehead atoms. The second kappa shape index (κ2) is 10.1. The number of nitro groups is 1. The number of nitro benzene ring substituents is 1. The van der Waals surface area contributed by atoms with Crippen LogP contribution in [-0.4, -0.2) is 40.5 Å². The summed E-state index contributed by atoms with van der Waals surface area (Å²) >= 11 is 6.94. The van der Waals surface area contributed by atoms with Crippen LogP contribution in [-0.2, 0) is 19.2 Å². The lowest BCUT2D eigenvalue weighted by molar-refractivity contribution is -0.384. The van der Waals surface area contributed by atoms with Crippen LogP contribution in [0.5, 0.6) is 11.5 Å². The van der Waals surface area contributed by atoms with Crippen LogP contribution in [0, 0.1) is 27.9 Å². The van der Waals surface area contributed by atoms with Gasteiger partial charge in [-0.05, 0) is 87.4 Å². The number of hydrogen-bond acceptors (Lipinski definition) is 8. The quantitative estimate of drug-likeness (QED) is 0.146. The van der Waals surface area contributed by atoms with Gasteiger partial charge in [0.05, 0.1) is 34.0 Å². The molecule has 2 aromatic rings. The predicted octanol–water partition coefficient (Wildman–Crippen LogP) is 5.47. The molecule has 3 aliphatic carbocycles. The molecule has 10 nitrogen and oxygen atoms in total. The van der Waals surface area contributed by atoms with Crippen molar-refractivity contribution in [3.05, 3.63) is 89.4 Å². The normalized spacial score (nSPS) is 25.1. The number of ether oxygens (including phenoxy) is 1. The Kier molecular flexibility index (Phi) is 6.81. The number of nitrogens with zero attached hydrogens (tertiary/aromatic N) is 2. The first-order valence-corrected chi connectivity index (χ1v) is 14.6. The maximum Gasteiger partial charge on any atom is 0.269 e. The third kappa shape index (κ3) is 4.03. The van der Waals surface area contributed by atoms with Gasteiger partial charge < -0.3 is 9.84 Å². The lowest BCUT2D eigenvalue weighted by Crippen LogP contribution is -2.40. The van der Waals surface area contributed by atoms with Gasteiger partial charge in [0, 0.05) is 39.2 Å². The number of carbonyl (C=O) groups excluding carboxylic acids is 4. The van der Waals surface area contributed by atoms with E-state index < -0.39 is 40.4 Å². The molecular formula is C30H22Br2N2O8. The summed E-state index contributed by atoms with van der Waals surface area (Å²) in [7, 11) is 1.40. The number of hydrogen-bond donors (Lipinski definition) is 1. The van der Waals surface area contributed by atoms with Crippen molar-refractivity contribution in [3.63, 3.8) is 0 Å². The molecule has 6 rings (SSSR count). The number of Topliss-reactive ketones (excluding diaryl/α,β-unsaturated/α-hetero) is 1. The number of methoxy groups -OCH3 is 1. The third-order valence-electron chi connectivity index (χ3n) is 8.59. The first-order valence-electron chi connectivity index (χ1n) is 13.0. The summed E-state index contributed by atoms with van der Waals surface area (Å²) < 4.78 is 6.15. The number of non-ortho nitro benzene ring substituents is 1. The number of phenols is 1. The average Bonchev–Trinajstić information content (AvgIpc) is 3.23. The fourth-order valence-electron chi connectivity index (χ4n) is 6.67. The molecule has 0 aromatic heterocycles. The number of carbonyl (C=O) groups is 4. The van der Waals surface area contributed by atoms with Crippen molar-refractivity contribution in [1.29, 1.82) is 0 Å². The standard InChI is InChI=1S/C30H22Br2N2O8/c1-12-9-20(35)18-10-17-15(22(24(18)27(12)36)19-11-21(42-2)28(37)26(32)25(19)31)7-8-16-23(17)30(39)33(29(16)38)13-3-5-14(6-4-13)34(40)41/h3-7,9,11,16-17,22-23,37H,8,10H2,1-2H3. The van der Waals surface area contributed by atoms with Crippen LogP contribution in [0.25, 0.3) is 0 Å². The highest BCUT2D eigenvalue weighted by atomic mass is 79.9.